The molecule has 1 heterocycles. The number of hydrogen-bond acceptors (Lipinski definition) is 4. The fourth-order valence-corrected chi connectivity index (χ4v) is 2.26. The molecule has 0 fully saturated rings. The second-order valence-electron chi connectivity index (χ2n) is 4.75. The minimum Gasteiger partial charge on any atom is -0.493 e. The summed E-state index contributed by atoms with van der Waals surface area (Å²) in [5, 5.41) is 3.42. The van der Waals surface area contributed by atoms with Gasteiger partial charge in [0.25, 0.3) is 0 Å². The molecule has 0 aliphatic heterocycles. The Labute approximate surface area is 125 Å². The highest BCUT2D eigenvalue weighted by Crippen LogP contribution is 2.27. The summed E-state index contributed by atoms with van der Waals surface area (Å²) in [7, 11) is 3.30. The van der Waals surface area contributed by atoms with E-state index in [0.717, 1.165) is 43.4 Å². The van der Waals surface area contributed by atoms with Crippen LogP contribution in [0.3, 0.4) is 0 Å². The zero-order chi connectivity index (χ0) is 15.1. The Hall–Kier alpha value is -2.01. The number of rotatable bonds is 8. The van der Waals surface area contributed by atoms with E-state index >= 15 is 0 Å². The summed E-state index contributed by atoms with van der Waals surface area (Å²) in [4.78, 5) is 4.35. The van der Waals surface area contributed by atoms with Crippen LogP contribution < -0.4 is 14.8 Å². The van der Waals surface area contributed by atoms with Gasteiger partial charge in [-0.3, -0.25) is 0 Å². The zero-order valence-electron chi connectivity index (χ0n) is 12.9. The lowest BCUT2D eigenvalue weighted by Crippen LogP contribution is -2.19. The van der Waals surface area contributed by atoms with Gasteiger partial charge in [-0.15, -0.1) is 0 Å². The van der Waals surface area contributed by atoms with Crippen molar-refractivity contribution in [1.82, 2.24) is 14.9 Å². The van der Waals surface area contributed by atoms with Crippen molar-refractivity contribution in [2.24, 2.45) is 0 Å². The molecule has 0 saturated heterocycles. The van der Waals surface area contributed by atoms with Crippen molar-refractivity contribution in [2.45, 2.75) is 26.4 Å². The molecule has 0 spiro atoms. The largest absolute Gasteiger partial charge is 0.493 e. The highest BCUT2D eigenvalue weighted by atomic mass is 16.5. The van der Waals surface area contributed by atoms with Gasteiger partial charge >= 0.3 is 0 Å². The molecule has 2 rings (SSSR count). The van der Waals surface area contributed by atoms with E-state index in [0.29, 0.717) is 0 Å². The Balaban J connectivity index is 1.83. The van der Waals surface area contributed by atoms with Crippen LogP contribution in [0.15, 0.2) is 30.6 Å². The third kappa shape index (κ3) is 3.98. The monoisotopic (exact) mass is 289 g/mol. The Morgan fingerprint density at radius 3 is 2.71 bits per heavy atom. The fourth-order valence-electron chi connectivity index (χ4n) is 2.26. The van der Waals surface area contributed by atoms with E-state index in [4.69, 9.17) is 9.47 Å². The van der Waals surface area contributed by atoms with Gasteiger partial charge < -0.3 is 19.4 Å². The van der Waals surface area contributed by atoms with Crippen LogP contribution in [0, 0.1) is 0 Å². The third-order valence-electron chi connectivity index (χ3n) is 3.46. The Morgan fingerprint density at radius 1 is 1.19 bits per heavy atom. The average Bonchev–Trinajstić information content (AvgIpc) is 2.98. The second-order valence-corrected chi connectivity index (χ2v) is 4.75. The Kier molecular flexibility index (Phi) is 5.63. The lowest BCUT2D eigenvalue weighted by Gasteiger charge is -2.10. The normalized spacial score (nSPS) is 10.6. The summed E-state index contributed by atoms with van der Waals surface area (Å²) >= 11 is 0. The maximum absolute atomic E-state index is 5.31. The molecule has 2 aromatic rings. The van der Waals surface area contributed by atoms with E-state index in [1.807, 2.05) is 24.5 Å². The van der Waals surface area contributed by atoms with Gasteiger partial charge in [-0.2, -0.15) is 0 Å². The van der Waals surface area contributed by atoms with Crippen LogP contribution in [0.5, 0.6) is 11.5 Å². The van der Waals surface area contributed by atoms with Gasteiger partial charge in [0.2, 0.25) is 0 Å². The highest BCUT2D eigenvalue weighted by molar-refractivity contribution is 5.42. The maximum atomic E-state index is 5.31. The molecule has 5 nitrogen and oxygen atoms in total. The molecule has 21 heavy (non-hydrogen) atoms. The van der Waals surface area contributed by atoms with Crippen molar-refractivity contribution in [3.8, 4) is 11.5 Å². The van der Waals surface area contributed by atoms with Gasteiger partial charge in [0.05, 0.1) is 20.8 Å². The summed E-state index contributed by atoms with van der Waals surface area (Å²) in [6, 6.07) is 6.03. The molecule has 0 unspecified atom stereocenters. The SMILES string of the molecule is CCn1ccnc1CNCCc1ccc(OC)c(OC)c1. The van der Waals surface area contributed by atoms with Gasteiger partial charge in [-0.05, 0) is 37.6 Å². The van der Waals surface area contributed by atoms with Gasteiger partial charge in [0.15, 0.2) is 11.5 Å². The van der Waals surface area contributed by atoms with Crippen molar-refractivity contribution in [3.05, 3.63) is 42.0 Å². The second kappa shape index (κ2) is 7.69. The topological polar surface area (TPSA) is 48.3 Å². The zero-order valence-corrected chi connectivity index (χ0v) is 12.9. The van der Waals surface area contributed by atoms with Crippen molar-refractivity contribution >= 4 is 0 Å². The van der Waals surface area contributed by atoms with E-state index in [2.05, 4.69) is 27.9 Å². The first-order valence-corrected chi connectivity index (χ1v) is 7.20. The molecule has 0 radical (unpaired) electrons. The van der Waals surface area contributed by atoms with Crippen LogP contribution in [-0.4, -0.2) is 30.3 Å². The number of benzene rings is 1. The highest BCUT2D eigenvalue weighted by Gasteiger charge is 2.05. The van der Waals surface area contributed by atoms with Gasteiger partial charge in [0, 0.05) is 18.9 Å². The number of ether oxygens (including phenoxy) is 2. The van der Waals surface area contributed by atoms with Crippen LogP contribution in [0.4, 0.5) is 0 Å². The summed E-state index contributed by atoms with van der Waals surface area (Å²) in [6.45, 7) is 4.75. The molecule has 0 aliphatic rings. The van der Waals surface area contributed by atoms with Crippen molar-refractivity contribution in [1.29, 1.82) is 0 Å². The van der Waals surface area contributed by atoms with Gasteiger partial charge in [-0.1, -0.05) is 6.07 Å². The molecule has 0 bridgehead atoms. The molecule has 5 heteroatoms. The quantitative estimate of drug-likeness (QED) is 0.757. The number of nitrogens with one attached hydrogen (secondary N) is 1. The number of aryl methyl sites for hydroxylation is 1. The summed E-state index contributed by atoms with van der Waals surface area (Å²) in [5.41, 5.74) is 1.22. The minimum absolute atomic E-state index is 0.763. The van der Waals surface area contributed by atoms with Gasteiger partial charge in [0.1, 0.15) is 5.82 Å². The van der Waals surface area contributed by atoms with E-state index in [-0.39, 0.29) is 0 Å². The van der Waals surface area contributed by atoms with Crippen molar-refractivity contribution in [2.75, 3.05) is 20.8 Å². The van der Waals surface area contributed by atoms with Crippen molar-refractivity contribution < 1.29 is 9.47 Å². The third-order valence-corrected chi connectivity index (χ3v) is 3.46. The molecule has 1 aromatic carbocycles. The summed E-state index contributed by atoms with van der Waals surface area (Å²) in [6.07, 6.45) is 4.79. The molecule has 1 aromatic heterocycles. The van der Waals surface area contributed by atoms with E-state index in [1.54, 1.807) is 14.2 Å². The number of nitrogens with zero attached hydrogens (tertiary/aromatic N) is 2. The van der Waals surface area contributed by atoms with Crippen LogP contribution in [0.1, 0.15) is 18.3 Å². The van der Waals surface area contributed by atoms with E-state index in [1.165, 1.54) is 5.56 Å². The first kappa shape index (κ1) is 15.4. The maximum Gasteiger partial charge on any atom is 0.160 e. The lowest BCUT2D eigenvalue weighted by molar-refractivity contribution is 0.354. The fraction of sp³-hybridized carbons (Fsp3) is 0.438. The number of hydrogen-bond donors (Lipinski definition) is 1. The first-order chi connectivity index (χ1) is 10.3. The molecule has 114 valence electrons. The van der Waals surface area contributed by atoms with Crippen LogP contribution >= 0.6 is 0 Å². The number of aromatic nitrogens is 2. The Morgan fingerprint density at radius 2 is 2.00 bits per heavy atom. The first-order valence-electron chi connectivity index (χ1n) is 7.20. The molecular formula is C16H23N3O2. The van der Waals surface area contributed by atoms with Crippen LogP contribution in [0.2, 0.25) is 0 Å². The molecule has 0 saturated carbocycles. The number of imidazole rings is 1. The lowest BCUT2D eigenvalue weighted by atomic mass is 10.1. The standard InChI is InChI=1S/C16H23N3O2/c1-4-19-10-9-18-16(19)12-17-8-7-13-5-6-14(20-2)15(11-13)21-3/h5-6,9-11,17H,4,7-8,12H2,1-3H3. The van der Waals surface area contributed by atoms with Crippen LogP contribution in [0.25, 0.3) is 0 Å². The minimum atomic E-state index is 0.763. The van der Waals surface area contributed by atoms with Gasteiger partial charge in [-0.25, -0.2) is 4.98 Å². The smallest absolute Gasteiger partial charge is 0.160 e. The van der Waals surface area contributed by atoms with E-state index < -0.39 is 0 Å². The molecule has 0 aliphatic carbocycles. The molecular weight excluding hydrogens is 266 g/mol. The van der Waals surface area contributed by atoms with Crippen LogP contribution in [-0.2, 0) is 19.5 Å². The molecule has 1 N–H and O–H groups in total. The number of methoxy groups -OCH3 is 2. The van der Waals surface area contributed by atoms with Crippen molar-refractivity contribution in [3.63, 3.8) is 0 Å². The summed E-state index contributed by atoms with van der Waals surface area (Å²) < 4.78 is 12.7. The summed E-state index contributed by atoms with van der Waals surface area (Å²) in [5.74, 6) is 2.61. The van der Waals surface area contributed by atoms with E-state index in [9.17, 15) is 0 Å². The molecule has 0 amide bonds. The molecule has 0 atom stereocenters. The predicted octanol–water partition coefficient (Wildman–Crippen LogP) is 2.25. The Bertz CT molecular complexity index is 566. The predicted molar refractivity (Wildman–Crippen MR) is 82.9 cm³/mol. The average molecular weight is 289 g/mol.